The summed E-state index contributed by atoms with van der Waals surface area (Å²) in [5.74, 6) is -1.49. The number of benzene rings is 1. The minimum absolute atomic E-state index is 0.181. The number of esters is 1. The average Bonchev–Trinajstić information content (AvgIpc) is 3.08. The van der Waals surface area contributed by atoms with Gasteiger partial charge in [-0.3, -0.25) is 9.59 Å². The maximum atomic E-state index is 14.2. The van der Waals surface area contributed by atoms with E-state index in [2.05, 4.69) is 12.2 Å². The number of aliphatic hydroxyl groups is 2. The molecule has 2 aliphatic carbocycles. The number of carbonyl (C=O) groups excluding carboxylic acids is 2. The first-order chi connectivity index (χ1) is 17.0. The Morgan fingerprint density at radius 1 is 1.17 bits per heavy atom. The molecule has 0 aromatic heterocycles. The molecule has 1 spiro atoms. The van der Waals surface area contributed by atoms with Gasteiger partial charge in [-0.2, -0.15) is 0 Å². The van der Waals surface area contributed by atoms with E-state index in [1.807, 2.05) is 56.3 Å². The summed E-state index contributed by atoms with van der Waals surface area (Å²) in [7, 11) is 0. The zero-order chi connectivity index (χ0) is 26.3. The number of allylic oxidation sites excluding steroid dienone is 1. The number of carbonyl (C=O) groups is 2. The number of aliphatic hydroxyl groups excluding tert-OH is 1. The summed E-state index contributed by atoms with van der Waals surface area (Å²) in [6, 6.07) is 9.76. The lowest BCUT2D eigenvalue weighted by molar-refractivity contribution is -0.161. The van der Waals surface area contributed by atoms with Crippen molar-refractivity contribution in [1.82, 2.24) is 5.32 Å². The van der Waals surface area contributed by atoms with E-state index in [0.717, 1.165) is 16.7 Å². The zero-order valence-corrected chi connectivity index (χ0v) is 21.9. The second kappa shape index (κ2) is 9.98. The van der Waals surface area contributed by atoms with Crippen molar-refractivity contribution in [3.8, 4) is 0 Å². The molecule has 6 nitrogen and oxygen atoms in total. The minimum atomic E-state index is -1.26. The van der Waals surface area contributed by atoms with Gasteiger partial charge >= 0.3 is 5.97 Å². The highest BCUT2D eigenvalue weighted by atomic mass is 16.5. The highest BCUT2D eigenvalue weighted by Gasteiger charge is 2.67. The molecule has 4 rings (SSSR count). The van der Waals surface area contributed by atoms with E-state index in [1.165, 1.54) is 6.92 Å². The van der Waals surface area contributed by atoms with Gasteiger partial charge in [-0.1, -0.05) is 61.1 Å². The average molecular weight is 494 g/mol. The molecule has 1 saturated heterocycles. The van der Waals surface area contributed by atoms with Gasteiger partial charge in [0.25, 0.3) is 0 Å². The van der Waals surface area contributed by atoms with Crippen LogP contribution in [0.3, 0.4) is 0 Å². The summed E-state index contributed by atoms with van der Waals surface area (Å²) < 4.78 is 5.89. The van der Waals surface area contributed by atoms with Crippen LogP contribution in [0.1, 0.15) is 53.0 Å². The van der Waals surface area contributed by atoms with Crippen molar-refractivity contribution in [3.05, 3.63) is 71.3 Å². The molecule has 8 atom stereocenters. The van der Waals surface area contributed by atoms with Crippen LogP contribution in [0, 0.1) is 23.2 Å². The van der Waals surface area contributed by atoms with Crippen LogP contribution < -0.4 is 5.32 Å². The second-order valence-electron chi connectivity index (χ2n) is 11.2. The number of hydrogen-bond acceptors (Lipinski definition) is 5. The van der Waals surface area contributed by atoms with Gasteiger partial charge in [-0.15, -0.1) is 0 Å². The predicted octanol–water partition coefficient (Wildman–Crippen LogP) is 3.88. The van der Waals surface area contributed by atoms with E-state index in [-0.39, 0.29) is 23.8 Å². The third-order valence-electron chi connectivity index (χ3n) is 8.39. The summed E-state index contributed by atoms with van der Waals surface area (Å²) in [5, 5.41) is 25.9. The quantitative estimate of drug-likeness (QED) is 0.439. The van der Waals surface area contributed by atoms with Crippen LogP contribution >= 0.6 is 0 Å². The predicted molar refractivity (Wildman–Crippen MR) is 139 cm³/mol. The topological polar surface area (TPSA) is 95.9 Å². The minimum Gasteiger partial charge on any atom is -0.457 e. The van der Waals surface area contributed by atoms with Crippen molar-refractivity contribution < 1.29 is 24.5 Å². The first kappa shape index (κ1) is 26.4. The molecule has 1 aliphatic heterocycles. The molecule has 1 aromatic carbocycles. The van der Waals surface area contributed by atoms with Crippen LogP contribution in [-0.2, 0) is 20.7 Å². The fourth-order valence-electron chi connectivity index (χ4n) is 6.76. The Labute approximate surface area is 214 Å². The Morgan fingerprint density at radius 2 is 1.86 bits per heavy atom. The molecule has 3 N–H and O–H groups in total. The summed E-state index contributed by atoms with van der Waals surface area (Å²) in [6.45, 7) is 9.03. The summed E-state index contributed by atoms with van der Waals surface area (Å²) >= 11 is 0. The maximum absolute atomic E-state index is 14.2. The number of amides is 1. The molecule has 194 valence electrons. The van der Waals surface area contributed by atoms with Crippen molar-refractivity contribution in [2.45, 2.75) is 77.7 Å². The van der Waals surface area contributed by atoms with Crippen LogP contribution in [-0.4, -0.2) is 45.9 Å². The lowest BCUT2D eigenvalue weighted by Gasteiger charge is -2.49. The Hall–Kier alpha value is -2.70. The molecule has 1 amide bonds. The Morgan fingerprint density at radius 3 is 2.53 bits per heavy atom. The van der Waals surface area contributed by atoms with Gasteiger partial charge in [0.15, 0.2) is 0 Å². The molecule has 0 saturated carbocycles. The van der Waals surface area contributed by atoms with Gasteiger partial charge in [0, 0.05) is 24.8 Å². The Balaban J connectivity index is 1.94. The second-order valence-corrected chi connectivity index (χ2v) is 11.2. The number of nitrogens with one attached hydrogen (secondary N) is 1. The lowest BCUT2D eigenvalue weighted by atomic mass is 9.54. The Bertz CT molecular complexity index is 1090. The van der Waals surface area contributed by atoms with E-state index in [9.17, 15) is 19.8 Å². The monoisotopic (exact) mass is 493 g/mol. The van der Waals surface area contributed by atoms with Gasteiger partial charge < -0.3 is 20.3 Å². The van der Waals surface area contributed by atoms with E-state index >= 15 is 0 Å². The van der Waals surface area contributed by atoms with E-state index < -0.39 is 35.1 Å². The Kier molecular flexibility index (Phi) is 7.31. The van der Waals surface area contributed by atoms with Gasteiger partial charge in [0.2, 0.25) is 5.91 Å². The number of ether oxygens (including phenoxy) is 1. The highest BCUT2D eigenvalue weighted by Crippen LogP contribution is 2.57. The van der Waals surface area contributed by atoms with Crippen LogP contribution in [0.5, 0.6) is 0 Å². The van der Waals surface area contributed by atoms with E-state index in [1.54, 1.807) is 19.1 Å². The molecule has 1 fully saturated rings. The van der Waals surface area contributed by atoms with Crippen LogP contribution in [0.4, 0.5) is 0 Å². The molecule has 0 bridgehead atoms. The molecule has 1 unspecified atom stereocenters. The van der Waals surface area contributed by atoms with Crippen molar-refractivity contribution in [1.29, 1.82) is 0 Å². The SMILES string of the molecule is CC(=O)O[C@@H]1/C=C/[C@](C)(O)CC(C)C/C=C/[C@H]2[C@H](O)C(C)=C(C)[C@H]3[C@H](Cc4ccccc4)NC(=O)[C@@]123. The normalized spacial score (nSPS) is 40.4. The van der Waals surface area contributed by atoms with E-state index in [0.29, 0.717) is 19.3 Å². The molecular formula is C30H39NO5. The highest BCUT2D eigenvalue weighted by molar-refractivity contribution is 5.89. The molecule has 3 aliphatic rings. The van der Waals surface area contributed by atoms with Crippen LogP contribution in [0.15, 0.2) is 65.8 Å². The molecule has 36 heavy (non-hydrogen) atoms. The smallest absolute Gasteiger partial charge is 0.303 e. The van der Waals surface area contributed by atoms with E-state index in [4.69, 9.17) is 4.74 Å². The number of hydrogen-bond donors (Lipinski definition) is 3. The van der Waals surface area contributed by atoms with Gasteiger partial charge in [-0.05, 0) is 63.2 Å². The molecule has 1 aromatic rings. The maximum Gasteiger partial charge on any atom is 0.303 e. The third kappa shape index (κ3) is 4.69. The van der Waals surface area contributed by atoms with Crippen molar-refractivity contribution >= 4 is 11.9 Å². The first-order valence-electron chi connectivity index (χ1n) is 12.9. The van der Waals surface area contributed by atoms with Gasteiger partial charge in [-0.25, -0.2) is 0 Å². The van der Waals surface area contributed by atoms with Crippen molar-refractivity contribution in [2.24, 2.45) is 23.2 Å². The van der Waals surface area contributed by atoms with Crippen LogP contribution in [0.25, 0.3) is 0 Å². The first-order valence-corrected chi connectivity index (χ1v) is 12.9. The van der Waals surface area contributed by atoms with Gasteiger partial charge in [0.05, 0.1) is 11.7 Å². The number of rotatable bonds is 3. The standard InChI is InChI=1S/C30H39NO5/c1-18-10-9-13-23-27(33)20(3)19(2)26-24(16-22-11-7-6-8-12-22)31-28(34)30(23,26)25(36-21(4)32)14-15-29(5,35)17-18/h6-9,11-15,18,23-27,33,35H,10,16-17H2,1-5H3,(H,31,34)/b13-9+,15-14+/t18?,23-,24-,25+,26-,27+,29-,30+/m0/s1. The van der Waals surface area contributed by atoms with Gasteiger partial charge in [0.1, 0.15) is 11.5 Å². The molecule has 0 radical (unpaired) electrons. The van der Waals surface area contributed by atoms with Crippen molar-refractivity contribution in [3.63, 3.8) is 0 Å². The van der Waals surface area contributed by atoms with Crippen LogP contribution in [0.2, 0.25) is 0 Å². The molecule has 1 heterocycles. The summed E-state index contributed by atoms with van der Waals surface area (Å²) in [5.41, 5.74) is 0.485. The van der Waals surface area contributed by atoms with Crippen molar-refractivity contribution in [2.75, 3.05) is 0 Å². The fraction of sp³-hybridized carbons (Fsp3) is 0.533. The fourth-order valence-corrected chi connectivity index (χ4v) is 6.76. The zero-order valence-electron chi connectivity index (χ0n) is 21.9. The lowest BCUT2D eigenvalue weighted by Crippen LogP contribution is -2.58. The molecular weight excluding hydrogens is 454 g/mol. The largest absolute Gasteiger partial charge is 0.457 e. The molecule has 6 heteroatoms. The summed E-state index contributed by atoms with van der Waals surface area (Å²) in [6.07, 6.45) is 7.26. The summed E-state index contributed by atoms with van der Waals surface area (Å²) in [4.78, 5) is 26.5. The third-order valence-corrected chi connectivity index (χ3v) is 8.39.